The fourth-order valence-electron chi connectivity index (χ4n) is 1.24. The molecule has 1 rings (SSSR count). The highest BCUT2D eigenvalue weighted by molar-refractivity contribution is 5.85. The van der Waals surface area contributed by atoms with E-state index >= 15 is 0 Å². The van der Waals surface area contributed by atoms with Crippen LogP contribution in [0.1, 0.15) is 19.8 Å². The molecule has 1 saturated heterocycles. The Morgan fingerprint density at radius 1 is 1.58 bits per heavy atom. The van der Waals surface area contributed by atoms with Crippen molar-refractivity contribution in [1.82, 2.24) is 5.32 Å². The lowest BCUT2D eigenvalue weighted by Crippen LogP contribution is -2.45. The molecule has 1 atom stereocenters. The number of carbonyl (C=O) groups is 1. The largest absolute Gasteiger partial charge is 0.361 e. The smallest absolute Gasteiger partial charge is 0.302 e. The first kappa shape index (κ1) is 11.7. The fraction of sp³-hybridized carbons (Fsp3) is 0.857. The number of rotatable bonds is 2. The molecule has 1 heterocycles. The molecule has 0 radical (unpaired) electrons. The second kappa shape index (κ2) is 4.64. The average molecular weight is 196 g/mol. The van der Waals surface area contributed by atoms with Crippen LogP contribution >= 0.6 is 12.4 Å². The van der Waals surface area contributed by atoms with Crippen molar-refractivity contribution in [2.45, 2.75) is 25.3 Å². The van der Waals surface area contributed by atoms with Crippen molar-refractivity contribution in [2.75, 3.05) is 13.7 Å². The number of nitrogens with one attached hydrogen (secondary N) is 1. The molecule has 4 nitrogen and oxygen atoms in total. The van der Waals surface area contributed by atoms with Crippen molar-refractivity contribution in [3.05, 3.63) is 0 Å². The van der Waals surface area contributed by atoms with Gasteiger partial charge in [-0.25, -0.2) is 4.79 Å². The second-order valence-corrected chi connectivity index (χ2v) is 2.90. The van der Waals surface area contributed by atoms with Gasteiger partial charge in [0.25, 0.3) is 0 Å². The Hall–Kier alpha value is -0.320. The molecule has 0 aromatic carbocycles. The maximum Gasteiger partial charge on any atom is 0.361 e. The molecular formula is C7H14ClNO3. The second-order valence-electron chi connectivity index (χ2n) is 2.90. The molecular weight excluding hydrogens is 182 g/mol. The summed E-state index contributed by atoms with van der Waals surface area (Å²) >= 11 is 0. The van der Waals surface area contributed by atoms with Crippen LogP contribution in [-0.2, 0) is 14.6 Å². The minimum absolute atomic E-state index is 0. The minimum Gasteiger partial charge on any atom is -0.302 e. The molecule has 0 aliphatic carbocycles. The van der Waals surface area contributed by atoms with E-state index in [2.05, 4.69) is 15.1 Å². The third-order valence-corrected chi connectivity index (χ3v) is 1.98. The Bertz CT molecular complexity index is 157. The molecule has 5 heteroatoms. The van der Waals surface area contributed by atoms with E-state index in [1.807, 2.05) is 6.92 Å². The normalized spacial score (nSPS) is 27.8. The predicted molar refractivity (Wildman–Crippen MR) is 46.0 cm³/mol. The topological polar surface area (TPSA) is 47.6 Å². The van der Waals surface area contributed by atoms with Crippen molar-refractivity contribution >= 4 is 18.4 Å². The molecule has 12 heavy (non-hydrogen) atoms. The third-order valence-electron chi connectivity index (χ3n) is 1.98. The predicted octanol–water partition coefficient (Wildman–Crippen LogP) is 0.655. The lowest BCUT2D eigenvalue weighted by molar-refractivity contribution is -0.260. The third kappa shape index (κ3) is 2.33. The molecule has 0 saturated carbocycles. The van der Waals surface area contributed by atoms with Gasteiger partial charge in [-0.1, -0.05) is 0 Å². The Labute approximate surface area is 77.9 Å². The highest BCUT2D eigenvalue weighted by atomic mass is 35.5. The first-order chi connectivity index (χ1) is 5.19. The average Bonchev–Trinajstić information content (AvgIpc) is 2.38. The van der Waals surface area contributed by atoms with Gasteiger partial charge in [0.1, 0.15) is 5.54 Å². The van der Waals surface area contributed by atoms with Crippen LogP contribution in [0.4, 0.5) is 0 Å². The summed E-state index contributed by atoms with van der Waals surface area (Å²) in [7, 11) is 1.33. The van der Waals surface area contributed by atoms with E-state index in [0.717, 1.165) is 19.4 Å². The Morgan fingerprint density at radius 3 is 2.67 bits per heavy atom. The number of hydrogen-bond donors (Lipinski definition) is 1. The van der Waals surface area contributed by atoms with Crippen LogP contribution in [-0.4, -0.2) is 25.2 Å². The molecule has 0 unspecified atom stereocenters. The standard InChI is InChI=1S/C7H13NO3.ClH/c1-7(4-3-5-8-7)6(9)11-10-2;/h8H,3-5H2,1-2H3;1H/t7-;/m1./s1. The minimum atomic E-state index is -0.532. The van der Waals surface area contributed by atoms with Crippen LogP contribution in [0.3, 0.4) is 0 Å². The van der Waals surface area contributed by atoms with E-state index in [4.69, 9.17) is 0 Å². The lowest BCUT2D eigenvalue weighted by Gasteiger charge is -2.19. The zero-order valence-electron chi connectivity index (χ0n) is 7.25. The Morgan fingerprint density at radius 2 is 2.25 bits per heavy atom. The molecule has 1 aliphatic rings. The van der Waals surface area contributed by atoms with E-state index in [0.29, 0.717) is 0 Å². The van der Waals surface area contributed by atoms with Gasteiger partial charge < -0.3 is 5.32 Å². The van der Waals surface area contributed by atoms with Crippen molar-refractivity contribution in [3.8, 4) is 0 Å². The van der Waals surface area contributed by atoms with Gasteiger partial charge in [0, 0.05) is 0 Å². The number of hydrogen-bond acceptors (Lipinski definition) is 4. The van der Waals surface area contributed by atoms with Crippen LogP contribution in [0.15, 0.2) is 0 Å². The highest BCUT2D eigenvalue weighted by Gasteiger charge is 2.38. The first-order valence-corrected chi connectivity index (χ1v) is 3.69. The van der Waals surface area contributed by atoms with Crippen LogP contribution in [0, 0.1) is 0 Å². The molecule has 1 N–H and O–H groups in total. The van der Waals surface area contributed by atoms with Gasteiger partial charge in [0.2, 0.25) is 0 Å². The Kier molecular flexibility index (Phi) is 4.52. The van der Waals surface area contributed by atoms with Gasteiger partial charge in [-0.2, -0.15) is 4.89 Å². The lowest BCUT2D eigenvalue weighted by atomic mass is 10.0. The van der Waals surface area contributed by atoms with Crippen LogP contribution in [0.5, 0.6) is 0 Å². The van der Waals surface area contributed by atoms with Gasteiger partial charge in [0.15, 0.2) is 0 Å². The molecule has 1 fully saturated rings. The zero-order chi connectivity index (χ0) is 8.32. The van der Waals surface area contributed by atoms with Crippen molar-refractivity contribution in [1.29, 1.82) is 0 Å². The van der Waals surface area contributed by atoms with Gasteiger partial charge in [-0.15, -0.1) is 12.4 Å². The highest BCUT2D eigenvalue weighted by Crippen LogP contribution is 2.19. The molecule has 0 aromatic heterocycles. The van der Waals surface area contributed by atoms with E-state index in [-0.39, 0.29) is 18.4 Å². The molecule has 0 spiro atoms. The maximum atomic E-state index is 11.2. The summed E-state index contributed by atoms with van der Waals surface area (Å²) in [6, 6.07) is 0. The first-order valence-electron chi connectivity index (χ1n) is 3.69. The van der Waals surface area contributed by atoms with Crippen molar-refractivity contribution in [3.63, 3.8) is 0 Å². The van der Waals surface area contributed by atoms with Crippen molar-refractivity contribution < 1.29 is 14.6 Å². The fourth-order valence-corrected chi connectivity index (χ4v) is 1.24. The molecule has 72 valence electrons. The van der Waals surface area contributed by atoms with Gasteiger partial charge in [-0.3, -0.25) is 4.89 Å². The SMILES string of the molecule is COOC(=O)[C@@]1(C)CCCN1.Cl. The van der Waals surface area contributed by atoms with E-state index in [1.165, 1.54) is 7.11 Å². The van der Waals surface area contributed by atoms with Crippen molar-refractivity contribution in [2.24, 2.45) is 0 Å². The summed E-state index contributed by atoms with van der Waals surface area (Å²) in [4.78, 5) is 19.9. The molecule has 0 amide bonds. The monoisotopic (exact) mass is 195 g/mol. The summed E-state index contributed by atoms with van der Waals surface area (Å²) in [5.74, 6) is -0.336. The van der Waals surface area contributed by atoms with E-state index in [1.54, 1.807) is 0 Å². The van der Waals surface area contributed by atoms with Crippen LogP contribution < -0.4 is 5.32 Å². The van der Waals surface area contributed by atoms with Gasteiger partial charge in [0.05, 0.1) is 7.11 Å². The van der Waals surface area contributed by atoms with Crippen LogP contribution in [0.2, 0.25) is 0 Å². The number of carbonyl (C=O) groups excluding carboxylic acids is 1. The van der Waals surface area contributed by atoms with E-state index < -0.39 is 5.54 Å². The summed E-state index contributed by atoms with van der Waals surface area (Å²) in [5.41, 5.74) is -0.532. The Balaban J connectivity index is 0.00000121. The van der Waals surface area contributed by atoms with Gasteiger partial charge in [-0.05, 0) is 26.3 Å². The summed E-state index contributed by atoms with van der Waals surface area (Å²) in [6.45, 7) is 2.69. The maximum absolute atomic E-state index is 11.2. The summed E-state index contributed by atoms with van der Waals surface area (Å²) < 4.78 is 0. The zero-order valence-corrected chi connectivity index (χ0v) is 8.07. The molecule has 0 aromatic rings. The quantitative estimate of drug-likeness (QED) is 0.520. The summed E-state index contributed by atoms with van der Waals surface area (Å²) in [5, 5.41) is 3.06. The van der Waals surface area contributed by atoms with E-state index in [9.17, 15) is 4.79 Å². The summed E-state index contributed by atoms with van der Waals surface area (Å²) in [6.07, 6.45) is 1.82. The molecule has 1 aliphatic heterocycles. The van der Waals surface area contributed by atoms with Gasteiger partial charge >= 0.3 is 5.97 Å². The number of halogens is 1. The van der Waals surface area contributed by atoms with Crippen LogP contribution in [0.25, 0.3) is 0 Å². The molecule has 0 bridgehead atoms.